The van der Waals surface area contributed by atoms with Gasteiger partial charge in [-0.25, -0.2) is 0 Å². The monoisotopic (exact) mass is 311 g/mol. The maximum atomic E-state index is 12.5. The summed E-state index contributed by atoms with van der Waals surface area (Å²) in [5.41, 5.74) is 2.24. The number of rotatable bonds is 8. The van der Waals surface area contributed by atoms with Crippen LogP contribution in [0.1, 0.15) is 51.8 Å². The molecule has 4 heteroatoms. The second-order valence-electron chi connectivity index (χ2n) is 5.78. The van der Waals surface area contributed by atoms with Crippen LogP contribution in [0.4, 0.5) is 0 Å². The minimum atomic E-state index is -0.884. The number of benzene rings is 1. The van der Waals surface area contributed by atoms with Crippen LogP contribution in [-0.2, 0) is 16.6 Å². The molecule has 1 rings (SSSR count). The summed E-state index contributed by atoms with van der Waals surface area (Å²) in [5.74, 6) is 1.83. The van der Waals surface area contributed by atoms with E-state index >= 15 is 0 Å². The smallest absolute Gasteiger partial charge is 0.123 e. The van der Waals surface area contributed by atoms with Crippen molar-refractivity contribution in [3.8, 4) is 5.75 Å². The van der Waals surface area contributed by atoms with E-state index in [0.29, 0.717) is 18.3 Å². The lowest BCUT2D eigenvalue weighted by atomic mass is 10.1. The lowest BCUT2D eigenvalue weighted by Gasteiger charge is -2.18. The highest BCUT2D eigenvalue weighted by atomic mass is 32.2. The van der Waals surface area contributed by atoms with Crippen molar-refractivity contribution in [3.05, 3.63) is 29.3 Å². The number of nitrogens with one attached hydrogen (secondary N) is 1. The molecule has 1 N–H and O–H groups in total. The molecule has 3 nitrogen and oxygen atoms in total. The van der Waals surface area contributed by atoms with Crippen LogP contribution >= 0.6 is 0 Å². The average Bonchev–Trinajstić information content (AvgIpc) is 2.47. The van der Waals surface area contributed by atoms with E-state index in [1.807, 2.05) is 20.0 Å². The molecule has 0 saturated carbocycles. The molecule has 0 aliphatic carbocycles. The van der Waals surface area contributed by atoms with Gasteiger partial charge in [-0.05, 0) is 44.5 Å². The molecule has 3 unspecified atom stereocenters. The molecule has 0 spiro atoms. The van der Waals surface area contributed by atoms with Crippen molar-refractivity contribution in [2.24, 2.45) is 5.92 Å². The number of hydrogen-bond acceptors (Lipinski definition) is 3. The predicted molar refractivity (Wildman–Crippen MR) is 91.2 cm³/mol. The minimum Gasteiger partial charge on any atom is -0.494 e. The summed E-state index contributed by atoms with van der Waals surface area (Å²) in [4.78, 5) is 0. The van der Waals surface area contributed by atoms with Gasteiger partial charge < -0.3 is 10.1 Å². The Kier molecular flexibility index (Phi) is 7.40. The van der Waals surface area contributed by atoms with Crippen molar-refractivity contribution < 1.29 is 8.95 Å². The maximum absolute atomic E-state index is 12.5. The Morgan fingerprint density at radius 1 is 1.24 bits per heavy atom. The van der Waals surface area contributed by atoms with Crippen LogP contribution in [0.3, 0.4) is 0 Å². The summed E-state index contributed by atoms with van der Waals surface area (Å²) in [7, 11) is 1.06. The fourth-order valence-electron chi connectivity index (χ4n) is 2.03. The van der Waals surface area contributed by atoms with E-state index < -0.39 is 10.8 Å². The van der Waals surface area contributed by atoms with Gasteiger partial charge in [0, 0.05) is 27.7 Å². The Morgan fingerprint density at radius 3 is 2.43 bits per heavy atom. The molecule has 1 aromatic carbocycles. The highest BCUT2D eigenvalue weighted by Gasteiger charge is 2.18. The fraction of sp³-hybridized carbons (Fsp3) is 0.647. The van der Waals surface area contributed by atoms with Crippen LogP contribution in [0, 0.1) is 5.92 Å². The molecular weight excluding hydrogens is 282 g/mol. The van der Waals surface area contributed by atoms with Crippen LogP contribution in [0.2, 0.25) is 0 Å². The third-order valence-electron chi connectivity index (χ3n) is 3.97. The molecule has 0 bridgehead atoms. The van der Waals surface area contributed by atoms with Gasteiger partial charge in [-0.15, -0.1) is 0 Å². The van der Waals surface area contributed by atoms with E-state index in [1.165, 1.54) is 5.56 Å². The fourth-order valence-corrected chi connectivity index (χ4v) is 3.43. The Morgan fingerprint density at radius 2 is 1.90 bits per heavy atom. The molecule has 3 atom stereocenters. The van der Waals surface area contributed by atoms with Crippen molar-refractivity contribution >= 4 is 10.8 Å². The molecule has 120 valence electrons. The Labute approximate surface area is 131 Å². The van der Waals surface area contributed by atoms with Gasteiger partial charge in [0.15, 0.2) is 0 Å². The van der Waals surface area contributed by atoms with Crippen molar-refractivity contribution in [2.45, 2.75) is 51.7 Å². The molecule has 0 heterocycles. The molecule has 0 aliphatic rings. The zero-order valence-corrected chi connectivity index (χ0v) is 14.9. The van der Waals surface area contributed by atoms with Gasteiger partial charge in [-0.3, -0.25) is 4.21 Å². The number of hydrogen-bond donors (Lipinski definition) is 1. The van der Waals surface area contributed by atoms with Gasteiger partial charge in [0.1, 0.15) is 5.75 Å². The van der Waals surface area contributed by atoms with Gasteiger partial charge in [-0.1, -0.05) is 26.8 Å². The lowest BCUT2D eigenvalue weighted by molar-refractivity contribution is 0.337. The molecule has 1 aromatic rings. The van der Waals surface area contributed by atoms with Gasteiger partial charge in [-0.2, -0.15) is 0 Å². The highest BCUT2D eigenvalue weighted by Crippen LogP contribution is 2.26. The molecule has 0 aromatic heterocycles. The van der Waals surface area contributed by atoms with Crippen LogP contribution in [0.15, 0.2) is 18.2 Å². The van der Waals surface area contributed by atoms with E-state index in [0.717, 1.165) is 11.3 Å². The summed E-state index contributed by atoms with van der Waals surface area (Å²) >= 11 is 0. The average molecular weight is 311 g/mol. The molecule has 0 aliphatic heterocycles. The summed E-state index contributed by atoms with van der Waals surface area (Å²) in [6.07, 6.45) is 0. The summed E-state index contributed by atoms with van der Waals surface area (Å²) in [5, 5.41) is 3.42. The maximum Gasteiger partial charge on any atom is 0.123 e. The molecular formula is C17H29NO2S. The van der Waals surface area contributed by atoms with E-state index in [-0.39, 0.29) is 11.3 Å². The molecule has 0 amide bonds. The van der Waals surface area contributed by atoms with Gasteiger partial charge in [0.25, 0.3) is 0 Å². The Bertz CT molecular complexity index is 474. The first-order valence-corrected chi connectivity index (χ1v) is 9.08. The van der Waals surface area contributed by atoms with Crippen molar-refractivity contribution in [2.75, 3.05) is 13.7 Å². The third kappa shape index (κ3) is 5.11. The van der Waals surface area contributed by atoms with E-state index in [4.69, 9.17) is 4.74 Å². The zero-order valence-electron chi connectivity index (χ0n) is 14.1. The number of ether oxygens (including phenoxy) is 1. The van der Waals surface area contributed by atoms with Crippen LogP contribution in [-0.4, -0.2) is 23.1 Å². The second-order valence-corrected chi connectivity index (χ2v) is 7.58. The Balaban J connectivity index is 3.03. The topological polar surface area (TPSA) is 38.3 Å². The first kappa shape index (κ1) is 18.2. The normalized spacial score (nSPS) is 15.8. The van der Waals surface area contributed by atoms with Gasteiger partial charge in [0.2, 0.25) is 0 Å². The van der Waals surface area contributed by atoms with Crippen molar-refractivity contribution in [1.29, 1.82) is 0 Å². The van der Waals surface area contributed by atoms with Crippen molar-refractivity contribution in [3.63, 3.8) is 0 Å². The second kappa shape index (κ2) is 8.54. The molecule has 0 saturated heterocycles. The van der Waals surface area contributed by atoms with E-state index in [2.05, 4.69) is 45.1 Å². The third-order valence-corrected chi connectivity index (χ3v) is 5.94. The van der Waals surface area contributed by atoms with E-state index in [1.54, 1.807) is 0 Å². The molecule has 0 radical (unpaired) electrons. The summed E-state index contributed by atoms with van der Waals surface area (Å²) in [6, 6.07) is 6.47. The van der Waals surface area contributed by atoms with Crippen LogP contribution in [0.5, 0.6) is 5.75 Å². The first-order valence-electron chi connectivity index (χ1n) is 7.70. The molecule has 0 fully saturated rings. The minimum absolute atomic E-state index is 0.185. The van der Waals surface area contributed by atoms with Crippen molar-refractivity contribution in [1.82, 2.24) is 5.32 Å². The highest BCUT2D eigenvalue weighted by molar-refractivity contribution is 7.84. The van der Waals surface area contributed by atoms with Gasteiger partial charge >= 0.3 is 0 Å². The van der Waals surface area contributed by atoms with Gasteiger partial charge in [0.05, 0.1) is 12.4 Å². The summed E-state index contributed by atoms with van der Waals surface area (Å²) < 4.78 is 18.2. The SMILES string of the molecule is CCOc1ccc(C(C)NC)cc1CS(=O)C(C)C(C)C. The zero-order chi connectivity index (χ0) is 16.0. The Hall–Kier alpha value is -0.870. The summed E-state index contributed by atoms with van der Waals surface area (Å²) in [6.45, 7) is 11.0. The largest absolute Gasteiger partial charge is 0.494 e. The van der Waals surface area contributed by atoms with E-state index in [9.17, 15) is 4.21 Å². The standard InChI is InChI=1S/C17H29NO2S/c1-7-20-17-9-8-15(13(4)18-6)10-16(17)11-21(19)14(5)12(2)3/h8-10,12-14,18H,7,11H2,1-6H3. The predicted octanol–water partition coefficient (Wildman–Crippen LogP) is 3.66. The van der Waals surface area contributed by atoms with Crippen LogP contribution < -0.4 is 10.1 Å². The quantitative estimate of drug-likeness (QED) is 0.796. The lowest BCUT2D eigenvalue weighted by Crippen LogP contribution is -2.19. The first-order chi connectivity index (χ1) is 9.90. The molecule has 21 heavy (non-hydrogen) atoms. The van der Waals surface area contributed by atoms with Crippen LogP contribution in [0.25, 0.3) is 0 Å².